The van der Waals surface area contributed by atoms with Gasteiger partial charge in [0.2, 0.25) is 0 Å². The van der Waals surface area contributed by atoms with E-state index in [0.29, 0.717) is 5.56 Å². The smallest absolute Gasteiger partial charge is 0.471 e. The van der Waals surface area contributed by atoms with E-state index in [4.69, 9.17) is 5.11 Å². The van der Waals surface area contributed by atoms with Crippen molar-refractivity contribution in [2.45, 2.75) is 12.7 Å². The largest absolute Gasteiger partial charge is 0.478 e. The average molecular weight is 323 g/mol. The fraction of sp³-hybridized carbons (Fsp3) is 0.125. The van der Waals surface area contributed by atoms with Gasteiger partial charge in [0.25, 0.3) is 0 Å². The van der Waals surface area contributed by atoms with E-state index in [1.54, 1.807) is 41.7 Å². The zero-order valence-electron chi connectivity index (χ0n) is 11.7. The molecule has 120 valence electrons. The molecule has 0 spiro atoms. The van der Waals surface area contributed by atoms with Crippen LogP contribution in [0.2, 0.25) is 0 Å². The maximum absolute atomic E-state index is 12.1. The minimum absolute atomic E-state index is 0.167. The quantitative estimate of drug-likeness (QED) is 0.908. The van der Waals surface area contributed by atoms with Crippen molar-refractivity contribution in [1.29, 1.82) is 0 Å². The molecule has 0 unspecified atom stereocenters. The third-order valence-electron chi connectivity index (χ3n) is 3.13. The maximum Gasteiger partial charge on any atom is 0.471 e. The first-order valence-electron chi connectivity index (χ1n) is 6.55. The number of benzene rings is 2. The number of carboxylic acid groups (broad SMARTS) is 1. The summed E-state index contributed by atoms with van der Waals surface area (Å²) < 4.78 is 36.2. The molecule has 23 heavy (non-hydrogen) atoms. The third-order valence-corrected chi connectivity index (χ3v) is 3.13. The standard InChI is InChI=1S/C16H12F3NO3/c17-16(18,19)15(23)20-9-10-1-3-11(4-2-10)12-5-7-13(8-6-12)14(21)22/h1-8H,9H2,(H,20,23)(H,21,22). The number of carbonyl (C=O) groups is 2. The summed E-state index contributed by atoms with van der Waals surface area (Å²) in [5, 5.41) is 10.6. The van der Waals surface area contributed by atoms with Crippen LogP contribution in [-0.4, -0.2) is 23.2 Å². The highest BCUT2D eigenvalue weighted by molar-refractivity contribution is 5.88. The summed E-state index contributed by atoms with van der Waals surface area (Å²) in [6.07, 6.45) is -4.90. The molecule has 0 aliphatic carbocycles. The minimum Gasteiger partial charge on any atom is -0.478 e. The Morgan fingerprint density at radius 2 is 1.39 bits per heavy atom. The molecule has 1 amide bonds. The molecule has 0 aliphatic rings. The Balaban J connectivity index is 2.04. The number of hydrogen-bond acceptors (Lipinski definition) is 2. The first kappa shape index (κ1) is 16.5. The van der Waals surface area contributed by atoms with E-state index in [2.05, 4.69) is 0 Å². The SMILES string of the molecule is O=C(O)c1ccc(-c2ccc(CNC(=O)C(F)(F)F)cc2)cc1. The molecular weight excluding hydrogens is 311 g/mol. The molecule has 0 aromatic heterocycles. The summed E-state index contributed by atoms with van der Waals surface area (Å²) in [6, 6.07) is 12.8. The van der Waals surface area contributed by atoms with Crippen molar-refractivity contribution in [3.05, 3.63) is 59.7 Å². The van der Waals surface area contributed by atoms with Crippen LogP contribution in [0.25, 0.3) is 11.1 Å². The van der Waals surface area contributed by atoms with Gasteiger partial charge in [-0.2, -0.15) is 13.2 Å². The van der Waals surface area contributed by atoms with Crippen molar-refractivity contribution in [2.24, 2.45) is 0 Å². The Labute approximate surface area is 129 Å². The highest BCUT2D eigenvalue weighted by Crippen LogP contribution is 2.21. The van der Waals surface area contributed by atoms with Crippen LogP contribution >= 0.6 is 0 Å². The summed E-state index contributed by atoms with van der Waals surface area (Å²) in [7, 11) is 0. The van der Waals surface area contributed by atoms with Crippen molar-refractivity contribution in [2.75, 3.05) is 0 Å². The number of nitrogens with one attached hydrogen (secondary N) is 1. The molecule has 2 aromatic rings. The van der Waals surface area contributed by atoms with Crippen LogP contribution in [0.3, 0.4) is 0 Å². The molecule has 0 saturated carbocycles. The summed E-state index contributed by atoms with van der Waals surface area (Å²) in [5.74, 6) is -3.00. The number of carbonyl (C=O) groups excluding carboxylic acids is 1. The first-order valence-corrected chi connectivity index (χ1v) is 6.55. The molecule has 4 nitrogen and oxygen atoms in total. The third kappa shape index (κ3) is 4.32. The second kappa shape index (κ2) is 6.51. The van der Waals surface area contributed by atoms with Gasteiger partial charge in [-0.05, 0) is 28.8 Å². The van der Waals surface area contributed by atoms with Crippen molar-refractivity contribution in [3.63, 3.8) is 0 Å². The van der Waals surface area contributed by atoms with Gasteiger partial charge in [0.05, 0.1) is 5.56 Å². The van der Waals surface area contributed by atoms with E-state index in [-0.39, 0.29) is 12.1 Å². The van der Waals surface area contributed by atoms with Crippen LogP contribution in [0.15, 0.2) is 48.5 Å². The highest BCUT2D eigenvalue weighted by Gasteiger charge is 2.38. The van der Waals surface area contributed by atoms with E-state index in [0.717, 1.165) is 11.1 Å². The number of rotatable bonds is 4. The Hall–Kier alpha value is -2.83. The van der Waals surface area contributed by atoms with Gasteiger partial charge in [0.1, 0.15) is 0 Å². The lowest BCUT2D eigenvalue weighted by atomic mass is 10.0. The van der Waals surface area contributed by atoms with Crippen LogP contribution < -0.4 is 5.32 Å². The topological polar surface area (TPSA) is 66.4 Å². The Morgan fingerprint density at radius 1 is 0.913 bits per heavy atom. The van der Waals surface area contributed by atoms with Gasteiger partial charge in [-0.3, -0.25) is 4.79 Å². The second-order valence-electron chi connectivity index (χ2n) is 4.76. The lowest BCUT2D eigenvalue weighted by Crippen LogP contribution is -2.36. The van der Waals surface area contributed by atoms with Gasteiger partial charge in [0.15, 0.2) is 0 Å². The highest BCUT2D eigenvalue weighted by atomic mass is 19.4. The number of halogens is 3. The summed E-state index contributed by atoms with van der Waals surface area (Å²) in [4.78, 5) is 21.5. The molecule has 0 radical (unpaired) electrons. The normalized spacial score (nSPS) is 11.1. The summed E-state index contributed by atoms with van der Waals surface area (Å²) in [5.41, 5.74) is 2.25. The molecule has 0 heterocycles. The molecule has 0 saturated heterocycles. The van der Waals surface area contributed by atoms with Crippen LogP contribution in [0, 0.1) is 0 Å². The van der Waals surface area contributed by atoms with Crippen LogP contribution in [-0.2, 0) is 11.3 Å². The molecule has 0 aliphatic heterocycles. The number of aromatic carboxylic acids is 1. The van der Waals surface area contributed by atoms with Gasteiger partial charge >= 0.3 is 18.1 Å². The minimum atomic E-state index is -4.90. The maximum atomic E-state index is 12.1. The number of alkyl halides is 3. The van der Waals surface area contributed by atoms with Gasteiger partial charge in [-0.15, -0.1) is 0 Å². The van der Waals surface area contributed by atoms with E-state index >= 15 is 0 Å². The van der Waals surface area contributed by atoms with E-state index < -0.39 is 18.1 Å². The van der Waals surface area contributed by atoms with Crippen molar-refractivity contribution in [3.8, 4) is 11.1 Å². The predicted octanol–water partition coefficient (Wildman–Crippen LogP) is 3.23. The number of amides is 1. The number of hydrogen-bond donors (Lipinski definition) is 2. The predicted molar refractivity (Wildman–Crippen MR) is 76.7 cm³/mol. The second-order valence-corrected chi connectivity index (χ2v) is 4.76. The van der Waals surface area contributed by atoms with Crippen LogP contribution in [0.1, 0.15) is 15.9 Å². The van der Waals surface area contributed by atoms with Crippen LogP contribution in [0.5, 0.6) is 0 Å². The van der Waals surface area contributed by atoms with Crippen molar-refractivity contribution >= 4 is 11.9 Å². The molecule has 0 atom stereocenters. The fourth-order valence-corrected chi connectivity index (χ4v) is 1.90. The molecule has 7 heteroatoms. The zero-order chi connectivity index (χ0) is 17.0. The van der Waals surface area contributed by atoms with Crippen molar-refractivity contribution in [1.82, 2.24) is 5.32 Å². The van der Waals surface area contributed by atoms with Gasteiger partial charge < -0.3 is 10.4 Å². The van der Waals surface area contributed by atoms with E-state index in [1.807, 2.05) is 0 Å². The van der Waals surface area contributed by atoms with Gasteiger partial charge in [-0.1, -0.05) is 36.4 Å². The molecule has 0 bridgehead atoms. The van der Waals surface area contributed by atoms with Gasteiger partial charge in [-0.25, -0.2) is 4.79 Å². The molecule has 0 fully saturated rings. The molecule has 2 N–H and O–H groups in total. The zero-order valence-corrected chi connectivity index (χ0v) is 11.7. The Morgan fingerprint density at radius 3 is 1.83 bits per heavy atom. The first-order chi connectivity index (χ1) is 10.8. The lowest BCUT2D eigenvalue weighted by Gasteiger charge is -2.08. The van der Waals surface area contributed by atoms with Crippen LogP contribution in [0.4, 0.5) is 13.2 Å². The molecule has 2 aromatic carbocycles. The Kier molecular flexibility index (Phi) is 4.68. The Bertz CT molecular complexity index is 707. The lowest BCUT2D eigenvalue weighted by molar-refractivity contribution is -0.173. The monoisotopic (exact) mass is 323 g/mol. The van der Waals surface area contributed by atoms with Crippen molar-refractivity contribution < 1.29 is 27.9 Å². The number of carboxylic acids is 1. The molecule has 2 rings (SSSR count). The van der Waals surface area contributed by atoms with E-state index in [9.17, 15) is 22.8 Å². The summed E-state index contributed by atoms with van der Waals surface area (Å²) in [6.45, 7) is -0.226. The van der Waals surface area contributed by atoms with Gasteiger partial charge in [0, 0.05) is 6.54 Å². The molecular formula is C16H12F3NO3. The average Bonchev–Trinajstić information content (AvgIpc) is 2.52. The summed E-state index contributed by atoms with van der Waals surface area (Å²) >= 11 is 0. The fourth-order valence-electron chi connectivity index (χ4n) is 1.90. The van der Waals surface area contributed by atoms with E-state index in [1.165, 1.54) is 12.1 Å².